The minimum Gasteiger partial charge on any atom is -0.384 e. The number of likely N-dealkylation sites (tertiary alicyclic amines) is 1. The van der Waals surface area contributed by atoms with Gasteiger partial charge in [0.05, 0.1) is 12.5 Å². The van der Waals surface area contributed by atoms with Crippen LogP contribution in [0.15, 0.2) is 0 Å². The van der Waals surface area contributed by atoms with Crippen molar-refractivity contribution in [3.05, 3.63) is 0 Å². The molecule has 0 aromatic carbocycles. The number of carbonyl (C=O) groups excluding carboxylic acids is 1. The van der Waals surface area contributed by atoms with Crippen molar-refractivity contribution >= 4 is 5.91 Å². The van der Waals surface area contributed by atoms with Crippen LogP contribution in [-0.2, 0) is 9.53 Å². The second kappa shape index (κ2) is 6.08. The van der Waals surface area contributed by atoms with E-state index in [1.807, 2.05) is 18.9 Å². The summed E-state index contributed by atoms with van der Waals surface area (Å²) in [6.07, 6.45) is 2.11. The Bertz CT molecular complexity index is 201. The summed E-state index contributed by atoms with van der Waals surface area (Å²) in [7, 11) is 3.62. The molecule has 4 heteroatoms. The molecule has 1 unspecified atom stereocenters. The van der Waals surface area contributed by atoms with E-state index < -0.39 is 0 Å². The normalized spacial score (nSPS) is 20.3. The smallest absolute Gasteiger partial charge is 0.227 e. The molecule has 1 amide bonds. The third-order valence-electron chi connectivity index (χ3n) is 3.05. The van der Waals surface area contributed by atoms with Crippen LogP contribution in [0.3, 0.4) is 0 Å². The Balaban J connectivity index is 2.35. The predicted molar refractivity (Wildman–Crippen MR) is 59.7 cm³/mol. The molecule has 0 aromatic heterocycles. The highest BCUT2D eigenvalue weighted by Crippen LogP contribution is 2.13. The molecule has 1 aliphatic heterocycles. The lowest BCUT2D eigenvalue weighted by molar-refractivity contribution is -0.137. The van der Waals surface area contributed by atoms with Crippen molar-refractivity contribution in [3.63, 3.8) is 0 Å². The fraction of sp³-hybridized carbons (Fsp3) is 0.909. The maximum absolute atomic E-state index is 11.9. The van der Waals surface area contributed by atoms with E-state index in [4.69, 9.17) is 4.74 Å². The first kappa shape index (κ1) is 12.5. The topological polar surface area (TPSA) is 41.6 Å². The van der Waals surface area contributed by atoms with E-state index in [2.05, 4.69) is 5.32 Å². The van der Waals surface area contributed by atoms with Gasteiger partial charge in [0, 0.05) is 26.2 Å². The molecule has 0 aromatic rings. The van der Waals surface area contributed by atoms with Crippen LogP contribution in [-0.4, -0.2) is 50.7 Å². The quantitative estimate of drug-likeness (QED) is 0.740. The van der Waals surface area contributed by atoms with Crippen LogP contribution >= 0.6 is 0 Å². The lowest BCUT2D eigenvalue weighted by Gasteiger charge is -2.33. The van der Waals surface area contributed by atoms with Crippen molar-refractivity contribution in [2.45, 2.75) is 25.8 Å². The number of methoxy groups -OCH3 is 1. The Morgan fingerprint density at radius 1 is 1.53 bits per heavy atom. The summed E-state index contributed by atoms with van der Waals surface area (Å²) in [6, 6.07) is 0.576. The fourth-order valence-electron chi connectivity index (χ4n) is 2.02. The fourth-order valence-corrected chi connectivity index (χ4v) is 2.02. The van der Waals surface area contributed by atoms with Gasteiger partial charge in [-0.2, -0.15) is 0 Å². The van der Waals surface area contributed by atoms with Crippen LogP contribution in [0.5, 0.6) is 0 Å². The molecular formula is C11H22N2O2. The van der Waals surface area contributed by atoms with Gasteiger partial charge in [-0.3, -0.25) is 4.79 Å². The molecule has 1 aliphatic rings. The molecular weight excluding hydrogens is 192 g/mol. The SMILES string of the molecule is CNC1CCN(C(=O)C(C)COC)CC1. The molecule has 1 saturated heterocycles. The van der Waals surface area contributed by atoms with Crippen molar-refractivity contribution in [1.29, 1.82) is 0 Å². The number of nitrogens with one attached hydrogen (secondary N) is 1. The van der Waals surface area contributed by atoms with Crippen molar-refractivity contribution in [3.8, 4) is 0 Å². The minimum absolute atomic E-state index is 0.0128. The van der Waals surface area contributed by atoms with Crippen LogP contribution < -0.4 is 5.32 Å². The highest BCUT2D eigenvalue weighted by molar-refractivity contribution is 5.78. The maximum Gasteiger partial charge on any atom is 0.227 e. The van der Waals surface area contributed by atoms with Crippen LogP contribution in [0, 0.1) is 5.92 Å². The summed E-state index contributed by atoms with van der Waals surface area (Å²) >= 11 is 0. The second-order valence-electron chi connectivity index (χ2n) is 4.24. The van der Waals surface area contributed by atoms with Gasteiger partial charge in [-0.25, -0.2) is 0 Å². The molecule has 1 fully saturated rings. The molecule has 88 valence electrons. The van der Waals surface area contributed by atoms with Gasteiger partial charge in [-0.05, 0) is 19.9 Å². The van der Waals surface area contributed by atoms with E-state index in [1.54, 1.807) is 7.11 Å². The molecule has 0 saturated carbocycles. The monoisotopic (exact) mass is 214 g/mol. The van der Waals surface area contributed by atoms with Crippen molar-refractivity contribution in [2.24, 2.45) is 5.92 Å². The number of carbonyl (C=O) groups is 1. The summed E-state index contributed by atoms with van der Waals surface area (Å²) in [4.78, 5) is 13.9. The summed E-state index contributed by atoms with van der Waals surface area (Å²) in [5.74, 6) is 0.215. The van der Waals surface area contributed by atoms with Crippen LogP contribution in [0.25, 0.3) is 0 Å². The summed E-state index contributed by atoms with van der Waals surface area (Å²) in [6.45, 7) is 4.19. The number of hydrogen-bond acceptors (Lipinski definition) is 3. The zero-order chi connectivity index (χ0) is 11.3. The molecule has 0 spiro atoms. The summed E-state index contributed by atoms with van der Waals surface area (Å²) in [5.41, 5.74) is 0. The van der Waals surface area contributed by atoms with Crippen LogP contribution in [0.4, 0.5) is 0 Å². The minimum atomic E-state index is -0.0128. The zero-order valence-corrected chi connectivity index (χ0v) is 9.95. The molecule has 1 N–H and O–H groups in total. The Kier molecular flexibility index (Phi) is 5.05. The average molecular weight is 214 g/mol. The maximum atomic E-state index is 11.9. The van der Waals surface area contributed by atoms with Crippen molar-refractivity contribution < 1.29 is 9.53 Å². The van der Waals surface area contributed by atoms with Gasteiger partial charge in [0.15, 0.2) is 0 Å². The Labute approximate surface area is 92.0 Å². The third kappa shape index (κ3) is 3.47. The van der Waals surface area contributed by atoms with Gasteiger partial charge in [-0.15, -0.1) is 0 Å². The van der Waals surface area contributed by atoms with Gasteiger partial charge in [-0.1, -0.05) is 6.92 Å². The average Bonchev–Trinajstić information content (AvgIpc) is 2.28. The molecule has 1 rings (SSSR count). The van der Waals surface area contributed by atoms with E-state index in [-0.39, 0.29) is 11.8 Å². The number of nitrogens with zero attached hydrogens (tertiary/aromatic N) is 1. The first-order valence-corrected chi connectivity index (χ1v) is 5.64. The molecule has 15 heavy (non-hydrogen) atoms. The van der Waals surface area contributed by atoms with Gasteiger partial charge >= 0.3 is 0 Å². The van der Waals surface area contributed by atoms with E-state index in [9.17, 15) is 4.79 Å². The van der Waals surface area contributed by atoms with Crippen molar-refractivity contribution in [2.75, 3.05) is 33.9 Å². The van der Waals surface area contributed by atoms with Gasteiger partial charge in [0.2, 0.25) is 5.91 Å². The highest BCUT2D eigenvalue weighted by atomic mass is 16.5. The molecule has 0 bridgehead atoms. The zero-order valence-electron chi connectivity index (χ0n) is 9.95. The second-order valence-corrected chi connectivity index (χ2v) is 4.24. The van der Waals surface area contributed by atoms with E-state index >= 15 is 0 Å². The van der Waals surface area contributed by atoms with Gasteiger partial charge in [0.25, 0.3) is 0 Å². The number of ether oxygens (including phenoxy) is 1. The Morgan fingerprint density at radius 3 is 2.60 bits per heavy atom. The van der Waals surface area contributed by atoms with Crippen molar-refractivity contribution in [1.82, 2.24) is 10.2 Å². The van der Waals surface area contributed by atoms with Crippen LogP contribution in [0.2, 0.25) is 0 Å². The Morgan fingerprint density at radius 2 is 2.13 bits per heavy atom. The third-order valence-corrected chi connectivity index (χ3v) is 3.05. The number of piperidine rings is 1. The predicted octanol–water partition coefficient (Wildman–Crippen LogP) is 0.479. The van der Waals surface area contributed by atoms with E-state index in [0.717, 1.165) is 25.9 Å². The lowest BCUT2D eigenvalue weighted by Crippen LogP contribution is -2.46. The highest BCUT2D eigenvalue weighted by Gasteiger charge is 2.24. The molecule has 4 nitrogen and oxygen atoms in total. The first-order chi connectivity index (χ1) is 7.19. The molecule has 0 radical (unpaired) electrons. The number of amides is 1. The largest absolute Gasteiger partial charge is 0.384 e. The standard InChI is InChI=1S/C11H22N2O2/c1-9(8-15-3)11(14)13-6-4-10(12-2)5-7-13/h9-10,12H,4-8H2,1-3H3. The van der Waals surface area contributed by atoms with E-state index in [0.29, 0.717) is 12.6 Å². The first-order valence-electron chi connectivity index (χ1n) is 5.64. The summed E-state index contributed by atoms with van der Waals surface area (Å²) < 4.78 is 5.00. The number of rotatable bonds is 4. The molecule has 1 atom stereocenters. The summed E-state index contributed by atoms with van der Waals surface area (Å²) in [5, 5.41) is 3.26. The van der Waals surface area contributed by atoms with Crippen LogP contribution in [0.1, 0.15) is 19.8 Å². The van der Waals surface area contributed by atoms with Gasteiger partial charge in [0.1, 0.15) is 0 Å². The number of hydrogen-bond donors (Lipinski definition) is 1. The molecule has 0 aliphatic carbocycles. The Hall–Kier alpha value is -0.610. The lowest BCUT2D eigenvalue weighted by atomic mass is 10.0. The van der Waals surface area contributed by atoms with E-state index in [1.165, 1.54) is 0 Å². The molecule has 1 heterocycles. The van der Waals surface area contributed by atoms with Gasteiger partial charge < -0.3 is 15.0 Å².